The van der Waals surface area contributed by atoms with E-state index in [1.54, 1.807) is 17.5 Å². The third-order valence-electron chi connectivity index (χ3n) is 3.04. The normalized spacial score (nSPS) is 10.5. The van der Waals surface area contributed by atoms with E-state index >= 15 is 0 Å². The SMILES string of the molecule is C=C(C)c1ncc(-c2cccc(Nc3cc(C)ccn3)n2)s1. The van der Waals surface area contributed by atoms with Crippen LogP contribution in [0.25, 0.3) is 16.1 Å². The van der Waals surface area contributed by atoms with Crippen molar-refractivity contribution >= 4 is 28.5 Å². The Morgan fingerprint density at radius 3 is 2.77 bits per heavy atom. The zero-order valence-electron chi connectivity index (χ0n) is 12.5. The van der Waals surface area contributed by atoms with Crippen molar-refractivity contribution < 1.29 is 0 Å². The van der Waals surface area contributed by atoms with Crippen LogP contribution >= 0.6 is 11.3 Å². The molecule has 0 unspecified atom stereocenters. The van der Waals surface area contributed by atoms with E-state index in [0.717, 1.165) is 38.4 Å². The maximum absolute atomic E-state index is 4.63. The number of nitrogens with zero attached hydrogens (tertiary/aromatic N) is 3. The molecule has 110 valence electrons. The van der Waals surface area contributed by atoms with Crippen LogP contribution < -0.4 is 5.32 Å². The third kappa shape index (κ3) is 3.20. The van der Waals surface area contributed by atoms with Gasteiger partial charge < -0.3 is 5.32 Å². The first kappa shape index (κ1) is 14.4. The molecule has 0 amide bonds. The van der Waals surface area contributed by atoms with Crippen molar-refractivity contribution in [2.45, 2.75) is 13.8 Å². The number of nitrogens with one attached hydrogen (secondary N) is 1. The Balaban J connectivity index is 1.87. The Morgan fingerprint density at radius 2 is 2.05 bits per heavy atom. The summed E-state index contributed by atoms with van der Waals surface area (Å²) in [5.41, 5.74) is 3.01. The van der Waals surface area contributed by atoms with Crippen molar-refractivity contribution in [3.05, 3.63) is 59.9 Å². The van der Waals surface area contributed by atoms with Gasteiger partial charge in [0.05, 0.1) is 10.6 Å². The number of thiazole rings is 1. The van der Waals surface area contributed by atoms with Gasteiger partial charge in [0, 0.05) is 12.4 Å². The van der Waals surface area contributed by atoms with Gasteiger partial charge in [0.25, 0.3) is 0 Å². The lowest BCUT2D eigenvalue weighted by molar-refractivity contribution is 1.24. The van der Waals surface area contributed by atoms with Gasteiger partial charge in [-0.3, -0.25) is 0 Å². The summed E-state index contributed by atoms with van der Waals surface area (Å²) in [7, 11) is 0. The molecule has 4 nitrogen and oxygen atoms in total. The number of allylic oxidation sites excluding steroid dienone is 1. The van der Waals surface area contributed by atoms with Crippen LogP contribution in [0.5, 0.6) is 0 Å². The van der Waals surface area contributed by atoms with Crippen LogP contribution in [0.15, 0.2) is 49.3 Å². The summed E-state index contributed by atoms with van der Waals surface area (Å²) in [6, 6.07) is 9.82. The molecule has 22 heavy (non-hydrogen) atoms. The van der Waals surface area contributed by atoms with Crippen LogP contribution in [0.3, 0.4) is 0 Å². The molecule has 0 saturated carbocycles. The molecule has 0 fully saturated rings. The van der Waals surface area contributed by atoms with Gasteiger partial charge in [-0.1, -0.05) is 12.6 Å². The Kier molecular flexibility index (Phi) is 3.98. The second-order valence-electron chi connectivity index (χ2n) is 5.06. The molecule has 0 aliphatic carbocycles. The largest absolute Gasteiger partial charge is 0.325 e. The summed E-state index contributed by atoms with van der Waals surface area (Å²) < 4.78 is 0. The highest BCUT2D eigenvalue weighted by Gasteiger charge is 2.07. The number of anilines is 2. The van der Waals surface area contributed by atoms with E-state index < -0.39 is 0 Å². The van der Waals surface area contributed by atoms with Gasteiger partial charge >= 0.3 is 0 Å². The summed E-state index contributed by atoms with van der Waals surface area (Å²) >= 11 is 1.59. The molecule has 0 aliphatic heterocycles. The van der Waals surface area contributed by atoms with Crippen molar-refractivity contribution in [3.8, 4) is 10.6 Å². The quantitative estimate of drug-likeness (QED) is 0.760. The van der Waals surface area contributed by atoms with Crippen molar-refractivity contribution in [3.63, 3.8) is 0 Å². The van der Waals surface area contributed by atoms with Crippen molar-refractivity contribution in [1.29, 1.82) is 0 Å². The number of pyridine rings is 2. The van der Waals surface area contributed by atoms with Crippen molar-refractivity contribution in [1.82, 2.24) is 15.0 Å². The minimum Gasteiger partial charge on any atom is -0.325 e. The number of hydrogen-bond acceptors (Lipinski definition) is 5. The fraction of sp³-hybridized carbons (Fsp3) is 0.118. The van der Waals surface area contributed by atoms with Gasteiger partial charge in [-0.25, -0.2) is 15.0 Å². The minimum atomic E-state index is 0.765. The Hall–Kier alpha value is -2.53. The second kappa shape index (κ2) is 6.07. The van der Waals surface area contributed by atoms with Gasteiger partial charge in [0.2, 0.25) is 0 Å². The van der Waals surface area contributed by atoms with Crippen LogP contribution in [0, 0.1) is 6.92 Å². The topological polar surface area (TPSA) is 50.7 Å². The molecule has 0 radical (unpaired) electrons. The highest BCUT2D eigenvalue weighted by molar-refractivity contribution is 7.16. The smallest absolute Gasteiger partial charge is 0.132 e. The van der Waals surface area contributed by atoms with E-state index in [1.807, 2.05) is 50.4 Å². The van der Waals surface area contributed by atoms with Crippen LogP contribution in [0.1, 0.15) is 17.5 Å². The fourth-order valence-electron chi connectivity index (χ4n) is 1.97. The van der Waals surface area contributed by atoms with Gasteiger partial charge in [-0.05, 0) is 49.2 Å². The zero-order chi connectivity index (χ0) is 15.5. The van der Waals surface area contributed by atoms with E-state index in [1.165, 1.54) is 0 Å². The first-order valence-electron chi connectivity index (χ1n) is 6.90. The number of aryl methyl sites for hydroxylation is 1. The molecule has 3 rings (SSSR count). The first-order chi connectivity index (χ1) is 10.6. The van der Waals surface area contributed by atoms with Crippen LogP contribution in [0.2, 0.25) is 0 Å². The summed E-state index contributed by atoms with van der Waals surface area (Å²) in [4.78, 5) is 14.3. The van der Waals surface area contributed by atoms with Crippen LogP contribution in [-0.2, 0) is 0 Å². The standard InChI is InChI=1S/C17H16N4S/c1-11(2)17-19-10-14(22-17)13-5-4-6-15(20-13)21-16-9-12(3)7-8-18-16/h4-10H,1H2,2-3H3,(H,18,20,21). The molecule has 0 saturated heterocycles. The average molecular weight is 308 g/mol. The molecule has 0 atom stereocenters. The molecule has 0 bridgehead atoms. The zero-order valence-corrected chi connectivity index (χ0v) is 13.3. The monoisotopic (exact) mass is 308 g/mol. The minimum absolute atomic E-state index is 0.765. The highest BCUT2D eigenvalue weighted by Crippen LogP contribution is 2.28. The first-order valence-corrected chi connectivity index (χ1v) is 7.72. The summed E-state index contributed by atoms with van der Waals surface area (Å²) in [6.07, 6.45) is 3.62. The maximum atomic E-state index is 4.63. The van der Waals surface area contributed by atoms with Crippen LogP contribution in [0.4, 0.5) is 11.6 Å². The van der Waals surface area contributed by atoms with E-state index in [4.69, 9.17) is 0 Å². The van der Waals surface area contributed by atoms with E-state index in [9.17, 15) is 0 Å². The van der Waals surface area contributed by atoms with E-state index in [0.29, 0.717) is 0 Å². The van der Waals surface area contributed by atoms with Gasteiger partial charge in [0.1, 0.15) is 16.6 Å². The van der Waals surface area contributed by atoms with Gasteiger partial charge in [-0.15, -0.1) is 11.3 Å². The fourth-order valence-corrected chi connectivity index (χ4v) is 2.78. The third-order valence-corrected chi connectivity index (χ3v) is 4.23. The van der Waals surface area contributed by atoms with Crippen LogP contribution in [-0.4, -0.2) is 15.0 Å². The molecule has 0 aliphatic rings. The Morgan fingerprint density at radius 1 is 1.18 bits per heavy atom. The summed E-state index contributed by atoms with van der Waals surface area (Å²) in [6.45, 7) is 7.91. The lowest BCUT2D eigenvalue weighted by atomic mass is 10.3. The maximum Gasteiger partial charge on any atom is 0.132 e. The molecule has 3 heterocycles. The van der Waals surface area contributed by atoms with Crippen molar-refractivity contribution in [2.75, 3.05) is 5.32 Å². The molecule has 0 spiro atoms. The molecule has 3 aromatic rings. The lowest BCUT2D eigenvalue weighted by Crippen LogP contribution is -1.96. The second-order valence-corrected chi connectivity index (χ2v) is 6.09. The summed E-state index contributed by atoms with van der Waals surface area (Å²) in [5, 5.41) is 4.17. The molecule has 5 heteroatoms. The highest BCUT2D eigenvalue weighted by atomic mass is 32.1. The number of rotatable bonds is 4. The molecular weight excluding hydrogens is 292 g/mol. The Labute approximate surface area is 133 Å². The average Bonchev–Trinajstić information content (AvgIpc) is 2.97. The Bertz CT molecular complexity index is 823. The molecule has 0 aromatic carbocycles. The molecule has 3 aromatic heterocycles. The van der Waals surface area contributed by atoms with Crippen molar-refractivity contribution in [2.24, 2.45) is 0 Å². The van der Waals surface area contributed by atoms with Gasteiger partial charge in [-0.2, -0.15) is 0 Å². The predicted molar refractivity (Wildman–Crippen MR) is 92.3 cm³/mol. The lowest BCUT2D eigenvalue weighted by Gasteiger charge is -2.06. The molecular formula is C17H16N4S. The number of aromatic nitrogens is 3. The predicted octanol–water partition coefficient (Wildman–Crippen LogP) is 4.69. The summed E-state index contributed by atoms with van der Waals surface area (Å²) in [5.74, 6) is 1.55. The van der Waals surface area contributed by atoms with E-state index in [2.05, 4.69) is 26.8 Å². The van der Waals surface area contributed by atoms with E-state index in [-0.39, 0.29) is 0 Å². The molecule has 1 N–H and O–H groups in total. The number of hydrogen-bond donors (Lipinski definition) is 1. The van der Waals surface area contributed by atoms with Gasteiger partial charge in [0.15, 0.2) is 0 Å².